The third-order valence-electron chi connectivity index (χ3n) is 3.71. The van der Waals surface area contributed by atoms with Crippen LogP contribution in [0.25, 0.3) is 11.0 Å². The fourth-order valence-corrected chi connectivity index (χ4v) is 2.32. The van der Waals surface area contributed by atoms with Crippen molar-refractivity contribution in [1.82, 2.24) is 14.9 Å². The summed E-state index contributed by atoms with van der Waals surface area (Å²) in [5, 5.41) is 12.3. The smallest absolute Gasteiger partial charge is 0.396 e. The Bertz CT molecular complexity index is 651. The molecule has 2 aromatic rings. The minimum absolute atomic E-state index is 0.0806. The lowest BCUT2D eigenvalue weighted by molar-refractivity contribution is -0.137. The summed E-state index contributed by atoms with van der Waals surface area (Å²) in [4.78, 5) is 4.33. The molecule has 2 rings (SSSR count). The van der Waals surface area contributed by atoms with Gasteiger partial charge in [-0.2, -0.15) is 13.2 Å². The molecule has 1 heterocycles. The number of aromatic nitrogens is 2. The molecule has 0 saturated heterocycles. The highest BCUT2D eigenvalue weighted by molar-refractivity contribution is 5.77. The molecular formula is C15H20F3N3O. The predicted molar refractivity (Wildman–Crippen MR) is 78.4 cm³/mol. The Morgan fingerprint density at radius 1 is 1.32 bits per heavy atom. The fraction of sp³-hybridized carbons (Fsp3) is 0.533. The molecule has 1 aromatic heterocycles. The zero-order chi connectivity index (χ0) is 16.5. The van der Waals surface area contributed by atoms with E-state index in [9.17, 15) is 13.2 Å². The summed E-state index contributed by atoms with van der Waals surface area (Å²) in [5.41, 5.74) is 0.294. The number of aliphatic hydroxyl groups excluding tert-OH is 1. The predicted octanol–water partition coefficient (Wildman–Crippen LogP) is 2.87. The molecule has 0 spiro atoms. The number of rotatable bonds is 5. The number of nitrogens with zero attached hydrogens (tertiary/aromatic N) is 2. The summed E-state index contributed by atoms with van der Waals surface area (Å²) >= 11 is 0. The van der Waals surface area contributed by atoms with E-state index in [4.69, 9.17) is 5.11 Å². The molecule has 7 heteroatoms. The van der Waals surface area contributed by atoms with Crippen molar-refractivity contribution in [3.63, 3.8) is 0 Å². The second-order valence-electron chi connectivity index (χ2n) is 5.65. The Morgan fingerprint density at radius 3 is 2.59 bits per heavy atom. The maximum atomic E-state index is 12.8. The van der Waals surface area contributed by atoms with E-state index < -0.39 is 11.7 Å². The second-order valence-corrected chi connectivity index (χ2v) is 5.65. The van der Waals surface area contributed by atoms with Gasteiger partial charge in [-0.3, -0.25) is 0 Å². The van der Waals surface area contributed by atoms with Crippen molar-refractivity contribution in [2.24, 2.45) is 13.0 Å². The first-order valence-corrected chi connectivity index (χ1v) is 7.11. The minimum atomic E-state index is -4.37. The van der Waals surface area contributed by atoms with Crippen molar-refractivity contribution in [1.29, 1.82) is 0 Å². The molecule has 4 nitrogen and oxygen atoms in total. The highest BCUT2D eigenvalue weighted by Crippen LogP contribution is 2.31. The van der Waals surface area contributed by atoms with Gasteiger partial charge in [0.25, 0.3) is 0 Å². The Kier molecular flexibility index (Phi) is 4.77. The van der Waals surface area contributed by atoms with E-state index in [1.807, 2.05) is 13.8 Å². The molecule has 22 heavy (non-hydrogen) atoms. The zero-order valence-corrected chi connectivity index (χ0v) is 12.8. The van der Waals surface area contributed by atoms with Crippen LogP contribution in [0, 0.1) is 5.92 Å². The summed E-state index contributed by atoms with van der Waals surface area (Å²) in [6.45, 7) is 4.49. The molecule has 0 bridgehead atoms. The number of aryl methyl sites for hydroxylation is 1. The molecule has 1 aromatic carbocycles. The van der Waals surface area contributed by atoms with E-state index in [0.717, 1.165) is 12.1 Å². The molecule has 0 aliphatic carbocycles. The quantitative estimate of drug-likeness (QED) is 0.892. The van der Waals surface area contributed by atoms with Crippen LogP contribution in [0.1, 0.15) is 31.3 Å². The lowest BCUT2D eigenvalue weighted by Crippen LogP contribution is -2.27. The molecule has 0 aliphatic heterocycles. The van der Waals surface area contributed by atoms with Crippen LogP contribution in [-0.4, -0.2) is 27.8 Å². The minimum Gasteiger partial charge on any atom is -0.396 e. The molecule has 2 N–H and O–H groups in total. The first-order valence-electron chi connectivity index (χ1n) is 7.11. The third-order valence-corrected chi connectivity index (χ3v) is 3.71. The Balaban J connectivity index is 2.29. The molecule has 0 fully saturated rings. The summed E-state index contributed by atoms with van der Waals surface area (Å²) in [7, 11) is 1.78. The van der Waals surface area contributed by atoms with Crippen LogP contribution >= 0.6 is 0 Å². The standard InChI is InChI=1S/C15H20F3N3O/c1-9(8-22)7-19-10(2)14-20-12-6-11(15(16,17)18)4-5-13(12)21(14)3/h4-6,9-10,19,22H,7-8H2,1-3H3/t9-,10-/m0/s1. The second kappa shape index (κ2) is 6.26. The number of imidazole rings is 1. The lowest BCUT2D eigenvalue weighted by atomic mass is 10.2. The Hall–Kier alpha value is -1.60. The number of alkyl halides is 3. The summed E-state index contributed by atoms with van der Waals surface area (Å²) in [6, 6.07) is 3.46. The molecular weight excluding hydrogens is 295 g/mol. The first kappa shape index (κ1) is 16.8. The Labute approximate surface area is 127 Å². The SMILES string of the molecule is C[C@H](CO)CN[C@@H](C)c1nc2cc(C(F)(F)F)ccc2n1C. The van der Waals surface area contributed by atoms with Gasteiger partial charge >= 0.3 is 6.18 Å². The van der Waals surface area contributed by atoms with E-state index in [1.54, 1.807) is 11.6 Å². The van der Waals surface area contributed by atoms with Crippen LogP contribution in [0.5, 0.6) is 0 Å². The van der Waals surface area contributed by atoms with Crippen molar-refractivity contribution in [3.8, 4) is 0 Å². The van der Waals surface area contributed by atoms with Crippen LogP contribution < -0.4 is 5.32 Å². The highest BCUT2D eigenvalue weighted by Gasteiger charge is 2.31. The van der Waals surface area contributed by atoms with Gasteiger partial charge in [0, 0.05) is 20.2 Å². The maximum absolute atomic E-state index is 12.8. The van der Waals surface area contributed by atoms with Gasteiger partial charge in [0.1, 0.15) is 5.82 Å². The normalized spacial score (nSPS) is 15.2. The summed E-state index contributed by atoms with van der Waals surface area (Å²) in [5.74, 6) is 0.772. The van der Waals surface area contributed by atoms with Crippen molar-refractivity contribution in [3.05, 3.63) is 29.6 Å². The van der Waals surface area contributed by atoms with Crippen LogP contribution in [0.3, 0.4) is 0 Å². The van der Waals surface area contributed by atoms with Gasteiger partial charge in [0.2, 0.25) is 0 Å². The largest absolute Gasteiger partial charge is 0.416 e. The number of benzene rings is 1. The summed E-state index contributed by atoms with van der Waals surface area (Å²) < 4.78 is 40.1. The van der Waals surface area contributed by atoms with Gasteiger partial charge in [0.15, 0.2) is 0 Å². The topological polar surface area (TPSA) is 50.1 Å². The van der Waals surface area contributed by atoms with Gasteiger partial charge in [-0.05, 0) is 31.0 Å². The molecule has 122 valence electrons. The average Bonchev–Trinajstić information content (AvgIpc) is 2.80. The molecule has 0 saturated carbocycles. The Morgan fingerprint density at radius 2 is 2.00 bits per heavy atom. The molecule has 0 radical (unpaired) electrons. The lowest BCUT2D eigenvalue weighted by Gasteiger charge is -2.16. The van der Waals surface area contributed by atoms with E-state index in [0.29, 0.717) is 23.4 Å². The van der Waals surface area contributed by atoms with Crippen molar-refractivity contribution >= 4 is 11.0 Å². The first-order chi connectivity index (χ1) is 10.2. The molecule has 0 unspecified atom stereocenters. The molecule has 2 atom stereocenters. The number of hydrogen-bond acceptors (Lipinski definition) is 3. The van der Waals surface area contributed by atoms with Gasteiger partial charge in [0.05, 0.1) is 22.6 Å². The highest BCUT2D eigenvalue weighted by atomic mass is 19.4. The molecule has 0 aliphatic rings. The van der Waals surface area contributed by atoms with Crippen molar-refractivity contribution in [2.75, 3.05) is 13.2 Å². The number of fused-ring (bicyclic) bond motifs is 1. The van der Waals surface area contributed by atoms with Crippen molar-refractivity contribution in [2.45, 2.75) is 26.1 Å². The van der Waals surface area contributed by atoms with E-state index >= 15 is 0 Å². The van der Waals surface area contributed by atoms with Gasteiger partial charge in [-0.25, -0.2) is 4.98 Å². The third kappa shape index (κ3) is 3.41. The van der Waals surface area contributed by atoms with Crippen LogP contribution in [0.15, 0.2) is 18.2 Å². The zero-order valence-electron chi connectivity index (χ0n) is 12.8. The number of aliphatic hydroxyl groups is 1. The van der Waals surface area contributed by atoms with Crippen LogP contribution in [0.2, 0.25) is 0 Å². The number of halogens is 3. The molecule has 0 amide bonds. The van der Waals surface area contributed by atoms with Crippen molar-refractivity contribution < 1.29 is 18.3 Å². The van der Waals surface area contributed by atoms with Gasteiger partial charge in [-0.1, -0.05) is 6.92 Å². The van der Waals surface area contributed by atoms with Crippen LogP contribution in [0.4, 0.5) is 13.2 Å². The number of hydrogen-bond donors (Lipinski definition) is 2. The van der Waals surface area contributed by atoms with Gasteiger partial charge in [-0.15, -0.1) is 0 Å². The van der Waals surface area contributed by atoms with E-state index in [2.05, 4.69) is 10.3 Å². The van der Waals surface area contributed by atoms with E-state index in [-0.39, 0.29) is 18.6 Å². The number of nitrogens with one attached hydrogen (secondary N) is 1. The maximum Gasteiger partial charge on any atom is 0.416 e. The van der Waals surface area contributed by atoms with Crippen LogP contribution in [-0.2, 0) is 13.2 Å². The van der Waals surface area contributed by atoms with Gasteiger partial charge < -0.3 is 15.0 Å². The fourth-order valence-electron chi connectivity index (χ4n) is 2.32. The monoisotopic (exact) mass is 315 g/mol. The average molecular weight is 315 g/mol. The summed E-state index contributed by atoms with van der Waals surface area (Å²) in [6.07, 6.45) is -4.37. The van der Waals surface area contributed by atoms with E-state index in [1.165, 1.54) is 6.07 Å².